The number of benzene rings is 1. The van der Waals surface area contributed by atoms with E-state index < -0.39 is 11.6 Å². The summed E-state index contributed by atoms with van der Waals surface area (Å²) in [5.74, 6) is -2.29. The fourth-order valence-electron chi connectivity index (χ4n) is 1.85. The highest BCUT2D eigenvalue weighted by Gasteiger charge is 2.31. The van der Waals surface area contributed by atoms with Crippen LogP contribution in [0.15, 0.2) is 24.8 Å². The normalized spacial score (nSPS) is 19.8. The van der Waals surface area contributed by atoms with E-state index in [4.69, 9.17) is 11.6 Å². The van der Waals surface area contributed by atoms with Crippen molar-refractivity contribution >= 4 is 23.2 Å². The molecule has 1 saturated heterocycles. The Morgan fingerprint density at radius 3 is 2.76 bits per heavy atom. The van der Waals surface area contributed by atoms with Gasteiger partial charge in [-0.2, -0.15) is 0 Å². The van der Waals surface area contributed by atoms with Crippen LogP contribution >= 0.6 is 11.6 Å². The second-order valence-corrected chi connectivity index (χ2v) is 4.28. The van der Waals surface area contributed by atoms with Gasteiger partial charge in [0.2, 0.25) is 5.91 Å². The standard InChI is InChI=1S/C12H10ClF2NO/c1-2-7-5-10(17)16(6-7)9-4-3-8(14)12(15)11(9)13/h2-4,7H,1,5-6H2. The van der Waals surface area contributed by atoms with Crippen molar-refractivity contribution in [2.45, 2.75) is 6.42 Å². The van der Waals surface area contributed by atoms with Crippen LogP contribution in [0.25, 0.3) is 0 Å². The van der Waals surface area contributed by atoms with Crippen LogP contribution in [0.3, 0.4) is 0 Å². The highest BCUT2D eigenvalue weighted by Crippen LogP contribution is 2.34. The van der Waals surface area contributed by atoms with E-state index in [1.54, 1.807) is 6.08 Å². The van der Waals surface area contributed by atoms with Gasteiger partial charge in [-0.3, -0.25) is 4.79 Å². The lowest BCUT2D eigenvalue weighted by Gasteiger charge is -2.18. The summed E-state index contributed by atoms with van der Waals surface area (Å²) >= 11 is 5.70. The monoisotopic (exact) mass is 257 g/mol. The molecule has 0 saturated carbocycles. The molecule has 90 valence electrons. The third kappa shape index (κ3) is 2.05. The third-order valence-corrected chi connectivity index (χ3v) is 3.15. The molecule has 5 heteroatoms. The largest absolute Gasteiger partial charge is 0.310 e. The molecule has 1 aromatic carbocycles. The van der Waals surface area contributed by atoms with E-state index in [1.165, 1.54) is 11.0 Å². The van der Waals surface area contributed by atoms with E-state index in [0.29, 0.717) is 13.0 Å². The minimum absolute atomic E-state index is 0.0201. The molecule has 2 nitrogen and oxygen atoms in total. The Kier molecular flexibility index (Phi) is 3.15. The van der Waals surface area contributed by atoms with Crippen molar-refractivity contribution in [2.24, 2.45) is 5.92 Å². The summed E-state index contributed by atoms with van der Waals surface area (Å²) in [6.07, 6.45) is 1.99. The van der Waals surface area contributed by atoms with Crippen molar-refractivity contribution in [2.75, 3.05) is 11.4 Å². The van der Waals surface area contributed by atoms with E-state index in [2.05, 4.69) is 6.58 Å². The molecule has 1 aromatic rings. The fraction of sp³-hybridized carbons (Fsp3) is 0.250. The van der Waals surface area contributed by atoms with Gasteiger partial charge >= 0.3 is 0 Å². The number of rotatable bonds is 2. The van der Waals surface area contributed by atoms with Crippen molar-refractivity contribution < 1.29 is 13.6 Å². The first-order valence-corrected chi connectivity index (χ1v) is 5.48. The van der Waals surface area contributed by atoms with Crippen molar-refractivity contribution in [1.82, 2.24) is 0 Å². The van der Waals surface area contributed by atoms with Crippen molar-refractivity contribution in [3.63, 3.8) is 0 Å². The molecule has 1 heterocycles. The first-order chi connectivity index (χ1) is 8.04. The molecule has 2 rings (SSSR count). The lowest BCUT2D eigenvalue weighted by molar-refractivity contribution is -0.117. The zero-order chi connectivity index (χ0) is 12.6. The van der Waals surface area contributed by atoms with Gasteiger partial charge in [-0.15, -0.1) is 6.58 Å². The Labute approximate surface area is 102 Å². The van der Waals surface area contributed by atoms with Crippen LogP contribution in [0.5, 0.6) is 0 Å². The minimum Gasteiger partial charge on any atom is -0.310 e. The van der Waals surface area contributed by atoms with Gasteiger partial charge in [-0.05, 0) is 12.1 Å². The molecular formula is C12H10ClF2NO. The average Bonchev–Trinajstić information content (AvgIpc) is 2.68. The van der Waals surface area contributed by atoms with Gasteiger partial charge in [-0.25, -0.2) is 8.78 Å². The number of halogens is 3. The van der Waals surface area contributed by atoms with Crippen LogP contribution in [0, 0.1) is 17.6 Å². The van der Waals surface area contributed by atoms with Crippen LogP contribution in [0.1, 0.15) is 6.42 Å². The third-order valence-electron chi connectivity index (χ3n) is 2.79. The van der Waals surface area contributed by atoms with Gasteiger partial charge in [0, 0.05) is 18.9 Å². The van der Waals surface area contributed by atoms with E-state index >= 15 is 0 Å². The smallest absolute Gasteiger partial charge is 0.227 e. The summed E-state index contributed by atoms with van der Waals surface area (Å²) in [5.41, 5.74) is 0.208. The van der Waals surface area contributed by atoms with Crippen LogP contribution in [0.2, 0.25) is 5.02 Å². The highest BCUT2D eigenvalue weighted by molar-refractivity contribution is 6.34. The number of carbonyl (C=O) groups excluding carboxylic acids is 1. The topological polar surface area (TPSA) is 20.3 Å². The molecular weight excluding hydrogens is 248 g/mol. The van der Waals surface area contributed by atoms with E-state index in [-0.39, 0.29) is 22.5 Å². The lowest BCUT2D eigenvalue weighted by Crippen LogP contribution is -2.25. The Hall–Kier alpha value is -1.42. The quantitative estimate of drug-likeness (QED) is 0.589. The number of amides is 1. The lowest BCUT2D eigenvalue weighted by atomic mass is 10.1. The van der Waals surface area contributed by atoms with Gasteiger partial charge in [-0.1, -0.05) is 17.7 Å². The second-order valence-electron chi connectivity index (χ2n) is 3.90. The summed E-state index contributed by atoms with van der Waals surface area (Å²) in [6, 6.07) is 2.27. The molecule has 1 fully saturated rings. The van der Waals surface area contributed by atoms with Crippen LogP contribution in [-0.4, -0.2) is 12.5 Å². The van der Waals surface area contributed by atoms with E-state index in [0.717, 1.165) is 6.07 Å². The Morgan fingerprint density at radius 2 is 2.18 bits per heavy atom. The number of carbonyl (C=O) groups is 1. The SMILES string of the molecule is C=CC1CC(=O)N(c2ccc(F)c(F)c2Cl)C1. The average molecular weight is 258 g/mol. The summed E-state index contributed by atoms with van der Waals surface area (Å²) in [6.45, 7) is 4.01. The summed E-state index contributed by atoms with van der Waals surface area (Å²) in [5, 5.41) is -0.358. The zero-order valence-corrected chi connectivity index (χ0v) is 9.68. The maximum atomic E-state index is 13.3. The maximum Gasteiger partial charge on any atom is 0.227 e. The second kappa shape index (κ2) is 4.45. The molecule has 0 radical (unpaired) electrons. The predicted molar refractivity (Wildman–Crippen MR) is 62.0 cm³/mol. The Morgan fingerprint density at radius 1 is 1.47 bits per heavy atom. The van der Waals surface area contributed by atoms with Crippen LogP contribution in [0.4, 0.5) is 14.5 Å². The molecule has 0 aromatic heterocycles. The van der Waals surface area contributed by atoms with Crippen molar-refractivity contribution in [3.8, 4) is 0 Å². The minimum atomic E-state index is -1.13. The molecule has 1 unspecified atom stereocenters. The van der Waals surface area contributed by atoms with Crippen LogP contribution in [-0.2, 0) is 4.79 Å². The molecule has 1 atom stereocenters. The highest BCUT2D eigenvalue weighted by atomic mass is 35.5. The van der Waals surface area contributed by atoms with Gasteiger partial charge < -0.3 is 4.90 Å². The molecule has 0 aliphatic carbocycles. The molecule has 0 spiro atoms. The molecule has 17 heavy (non-hydrogen) atoms. The summed E-state index contributed by atoms with van der Waals surface area (Å²) in [4.78, 5) is 13.1. The fourth-order valence-corrected chi connectivity index (χ4v) is 2.11. The summed E-state index contributed by atoms with van der Waals surface area (Å²) in [7, 11) is 0. The van der Waals surface area contributed by atoms with E-state index in [1.807, 2.05) is 0 Å². The van der Waals surface area contributed by atoms with Crippen LogP contribution < -0.4 is 4.90 Å². The van der Waals surface area contributed by atoms with E-state index in [9.17, 15) is 13.6 Å². The molecule has 0 bridgehead atoms. The Balaban J connectivity index is 2.39. The van der Waals surface area contributed by atoms with Gasteiger partial charge in [0.05, 0.1) is 5.69 Å². The maximum absolute atomic E-state index is 13.3. The van der Waals surface area contributed by atoms with Gasteiger partial charge in [0.25, 0.3) is 0 Å². The van der Waals surface area contributed by atoms with Gasteiger partial charge in [0.1, 0.15) is 5.02 Å². The van der Waals surface area contributed by atoms with Crippen molar-refractivity contribution in [1.29, 1.82) is 0 Å². The molecule has 1 amide bonds. The molecule has 1 aliphatic rings. The predicted octanol–water partition coefficient (Wildman–Crippen LogP) is 3.16. The molecule has 0 N–H and O–H groups in total. The zero-order valence-electron chi connectivity index (χ0n) is 8.92. The first kappa shape index (κ1) is 12.0. The Bertz CT molecular complexity index is 490. The number of nitrogens with zero attached hydrogens (tertiary/aromatic N) is 1. The van der Waals surface area contributed by atoms with Gasteiger partial charge in [0.15, 0.2) is 11.6 Å². The summed E-state index contributed by atoms with van der Waals surface area (Å²) < 4.78 is 26.2. The molecule has 1 aliphatic heterocycles. The number of anilines is 1. The number of hydrogen-bond donors (Lipinski definition) is 0. The van der Waals surface area contributed by atoms with Crippen molar-refractivity contribution in [3.05, 3.63) is 41.4 Å². The number of hydrogen-bond acceptors (Lipinski definition) is 1. The first-order valence-electron chi connectivity index (χ1n) is 5.11.